The summed E-state index contributed by atoms with van der Waals surface area (Å²) in [5.41, 5.74) is -1.22. The molecule has 0 aromatic heterocycles. The van der Waals surface area contributed by atoms with Crippen LogP contribution in [0.25, 0.3) is 0 Å². The fraction of sp³-hybridized carbons (Fsp3) is 0.176. The molecule has 0 fully saturated rings. The number of likely N-dealkylation sites (N-methyl/N-ethyl adjacent to an activating group) is 1. The maximum atomic E-state index is 12.9. The highest BCUT2D eigenvalue weighted by molar-refractivity contribution is 6.36. The zero-order valence-electron chi connectivity index (χ0n) is 13.4. The minimum Gasteiger partial charge on any atom is -0.332 e. The lowest BCUT2D eigenvalue weighted by atomic mass is 10.1. The van der Waals surface area contributed by atoms with E-state index in [1.807, 2.05) is 0 Å². The highest BCUT2D eigenvalue weighted by atomic mass is 35.5. The molecule has 0 unspecified atom stereocenters. The predicted molar refractivity (Wildman–Crippen MR) is 93.5 cm³/mol. The van der Waals surface area contributed by atoms with Crippen LogP contribution in [-0.2, 0) is 11.0 Å². The number of alkyl halides is 3. The van der Waals surface area contributed by atoms with Crippen molar-refractivity contribution in [3.05, 3.63) is 63.6 Å². The minimum atomic E-state index is -4.61. The summed E-state index contributed by atoms with van der Waals surface area (Å²) in [6.07, 6.45) is -4.61. The van der Waals surface area contributed by atoms with Gasteiger partial charge in [-0.2, -0.15) is 13.2 Å². The molecule has 0 bridgehead atoms. The van der Waals surface area contributed by atoms with Crippen LogP contribution in [0.5, 0.6) is 0 Å². The van der Waals surface area contributed by atoms with Gasteiger partial charge in [0.25, 0.3) is 5.91 Å². The van der Waals surface area contributed by atoms with Crippen LogP contribution < -0.4 is 5.32 Å². The molecule has 138 valence electrons. The van der Waals surface area contributed by atoms with Crippen molar-refractivity contribution in [3.8, 4) is 0 Å². The molecule has 0 aliphatic rings. The van der Waals surface area contributed by atoms with E-state index in [2.05, 4.69) is 5.32 Å². The first-order chi connectivity index (χ1) is 12.1. The Labute approximate surface area is 157 Å². The molecule has 0 heterocycles. The number of hydrogen-bond donors (Lipinski definition) is 1. The number of carbonyl (C=O) groups is 2. The summed E-state index contributed by atoms with van der Waals surface area (Å²) in [5.74, 6) is -1.34. The highest BCUT2D eigenvalue weighted by Crippen LogP contribution is 2.34. The quantitative estimate of drug-likeness (QED) is 0.800. The molecule has 2 amide bonds. The average Bonchev–Trinajstić information content (AvgIpc) is 2.53. The summed E-state index contributed by atoms with van der Waals surface area (Å²) in [6.45, 7) is -0.454. The molecule has 9 heteroatoms. The third-order valence-electron chi connectivity index (χ3n) is 3.40. The van der Waals surface area contributed by atoms with Gasteiger partial charge in [0.2, 0.25) is 5.91 Å². The zero-order valence-corrected chi connectivity index (χ0v) is 14.9. The second kappa shape index (κ2) is 7.97. The van der Waals surface area contributed by atoms with Gasteiger partial charge in [0.15, 0.2) is 0 Å². The van der Waals surface area contributed by atoms with Gasteiger partial charge in [0, 0.05) is 12.1 Å². The number of rotatable bonds is 4. The Kier molecular flexibility index (Phi) is 6.15. The van der Waals surface area contributed by atoms with Crippen LogP contribution in [-0.4, -0.2) is 30.3 Å². The summed E-state index contributed by atoms with van der Waals surface area (Å²) in [5, 5.41) is 2.62. The van der Waals surface area contributed by atoms with Gasteiger partial charge in [-0.05, 0) is 30.3 Å². The molecule has 1 N–H and O–H groups in total. The number of nitrogens with one attached hydrogen (secondary N) is 1. The van der Waals surface area contributed by atoms with Gasteiger partial charge in [-0.1, -0.05) is 35.3 Å². The molecule has 0 aliphatic heterocycles. The number of benzene rings is 2. The molecule has 26 heavy (non-hydrogen) atoms. The van der Waals surface area contributed by atoms with E-state index in [4.69, 9.17) is 23.2 Å². The second-order valence-electron chi connectivity index (χ2n) is 5.38. The number of halogens is 5. The van der Waals surface area contributed by atoms with Crippen LogP contribution in [0, 0.1) is 0 Å². The maximum Gasteiger partial charge on any atom is 0.418 e. The Bertz CT molecular complexity index is 841. The van der Waals surface area contributed by atoms with Crippen molar-refractivity contribution in [2.45, 2.75) is 6.18 Å². The smallest absolute Gasteiger partial charge is 0.332 e. The number of anilines is 1. The Hall–Kier alpha value is -2.25. The Balaban J connectivity index is 2.09. The molecular weight excluding hydrogens is 392 g/mol. The SMILES string of the molecule is CN(CC(=O)Nc1ccccc1C(F)(F)F)C(=O)c1ccc(Cl)cc1Cl. The van der Waals surface area contributed by atoms with Gasteiger partial charge in [-0.15, -0.1) is 0 Å². The van der Waals surface area contributed by atoms with Crippen LogP contribution in [0.2, 0.25) is 10.0 Å². The van der Waals surface area contributed by atoms with E-state index in [-0.39, 0.29) is 16.3 Å². The van der Waals surface area contributed by atoms with E-state index in [0.717, 1.165) is 17.0 Å². The van der Waals surface area contributed by atoms with Crippen molar-refractivity contribution in [1.29, 1.82) is 0 Å². The second-order valence-corrected chi connectivity index (χ2v) is 6.22. The molecule has 0 radical (unpaired) electrons. The highest BCUT2D eigenvalue weighted by Gasteiger charge is 2.33. The first kappa shape index (κ1) is 20.1. The molecule has 2 aromatic rings. The Morgan fingerprint density at radius 3 is 2.38 bits per heavy atom. The standard InChI is InChI=1S/C17H13Cl2F3N2O2/c1-24(16(26)11-7-6-10(18)8-13(11)19)9-15(25)23-14-5-3-2-4-12(14)17(20,21)22/h2-8H,9H2,1H3,(H,23,25). The van der Waals surface area contributed by atoms with Gasteiger partial charge >= 0.3 is 6.18 Å². The van der Waals surface area contributed by atoms with Crippen LogP contribution in [0.3, 0.4) is 0 Å². The van der Waals surface area contributed by atoms with Crippen LogP contribution in [0.4, 0.5) is 18.9 Å². The van der Waals surface area contributed by atoms with E-state index in [9.17, 15) is 22.8 Å². The third kappa shape index (κ3) is 4.89. The normalized spacial score (nSPS) is 11.2. The largest absolute Gasteiger partial charge is 0.418 e. The van der Waals surface area contributed by atoms with Gasteiger partial charge in [0.1, 0.15) is 0 Å². The number of para-hydroxylation sites is 1. The molecule has 4 nitrogen and oxygen atoms in total. The predicted octanol–water partition coefficient (Wildman–Crippen LogP) is 4.72. The van der Waals surface area contributed by atoms with Gasteiger partial charge in [0.05, 0.1) is 28.4 Å². The van der Waals surface area contributed by atoms with Crippen LogP contribution in [0.1, 0.15) is 15.9 Å². The average molecular weight is 405 g/mol. The van der Waals surface area contributed by atoms with Gasteiger partial charge in [-0.3, -0.25) is 9.59 Å². The summed E-state index contributed by atoms with van der Waals surface area (Å²) >= 11 is 11.7. The summed E-state index contributed by atoms with van der Waals surface area (Å²) < 4.78 is 38.8. The van der Waals surface area contributed by atoms with Crippen molar-refractivity contribution in [2.75, 3.05) is 18.9 Å². The van der Waals surface area contributed by atoms with Crippen molar-refractivity contribution in [1.82, 2.24) is 4.90 Å². The van der Waals surface area contributed by atoms with Crippen LogP contribution >= 0.6 is 23.2 Å². The minimum absolute atomic E-state index is 0.108. The summed E-state index contributed by atoms with van der Waals surface area (Å²) in [4.78, 5) is 25.4. The van der Waals surface area contributed by atoms with E-state index in [1.165, 1.54) is 37.4 Å². The van der Waals surface area contributed by atoms with Crippen molar-refractivity contribution >= 4 is 40.7 Å². The Morgan fingerprint density at radius 2 is 1.77 bits per heavy atom. The number of nitrogens with zero attached hydrogens (tertiary/aromatic N) is 1. The van der Waals surface area contributed by atoms with Crippen molar-refractivity contribution in [2.24, 2.45) is 0 Å². The molecule has 2 aromatic carbocycles. The van der Waals surface area contributed by atoms with E-state index < -0.39 is 30.1 Å². The Morgan fingerprint density at radius 1 is 1.12 bits per heavy atom. The van der Waals surface area contributed by atoms with Crippen LogP contribution in [0.15, 0.2) is 42.5 Å². The topological polar surface area (TPSA) is 49.4 Å². The third-order valence-corrected chi connectivity index (χ3v) is 3.94. The number of hydrogen-bond acceptors (Lipinski definition) is 2. The number of carbonyl (C=O) groups excluding carboxylic acids is 2. The summed E-state index contributed by atoms with van der Waals surface area (Å²) in [7, 11) is 1.34. The maximum absolute atomic E-state index is 12.9. The molecule has 0 aliphatic carbocycles. The molecule has 0 spiro atoms. The van der Waals surface area contributed by atoms with E-state index >= 15 is 0 Å². The molecule has 0 saturated heterocycles. The lowest BCUT2D eigenvalue weighted by Gasteiger charge is -2.19. The zero-order chi connectivity index (χ0) is 19.5. The van der Waals surface area contributed by atoms with E-state index in [0.29, 0.717) is 5.02 Å². The lowest BCUT2D eigenvalue weighted by Crippen LogP contribution is -2.35. The lowest BCUT2D eigenvalue weighted by molar-refractivity contribution is -0.137. The fourth-order valence-corrected chi connectivity index (χ4v) is 2.67. The number of amides is 2. The monoisotopic (exact) mass is 404 g/mol. The molecule has 0 atom stereocenters. The van der Waals surface area contributed by atoms with Gasteiger partial charge < -0.3 is 10.2 Å². The van der Waals surface area contributed by atoms with Gasteiger partial charge in [-0.25, -0.2) is 0 Å². The van der Waals surface area contributed by atoms with Crippen molar-refractivity contribution in [3.63, 3.8) is 0 Å². The molecule has 0 saturated carbocycles. The van der Waals surface area contributed by atoms with E-state index in [1.54, 1.807) is 0 Å². The summed E-state index contributed by atoms with van der Waals surface area (Å²) in [6, 6.07) is 8.83. The molecule has 2 rings (SSSR count). The molecular formula is C17H13Cl2F3N2O2. The van der Waals surface area contributed by atoms with Crippen molar-refractivity contribution < 1.29 is 22.8 Å². The first-order valence-electron chi connectivity index (χ1n) is 7.26. The fourth-order valence-electron chi connectivity index (χ4n) is 2.18. The first-order valence-corrected chi connectivity index (χ1v) is 8.02.